The first-order valence-electron chi connectivity index (χ1n) is 8.97. The second-order valence-corrected chi connectivity index (χ2v) is 9.04. The van der Waals surface area contributed by atoms with Crippen molar-refractivity contribution in [3.8, 4) is 22.9 Å². The zero-order valence-corrected chi connectivity index (χ0v) is 17.3. The molecule has 0 N–H and O–H groups in total. The molecule has 0 radical (unpaired) electrons. The van der Waals surface area contributed by atoms with Crippen LogP contribution in [0.3, 0.4) is 0 Å². The lowest BCUT2D eigenvalue weighted by molar-refractivity contribution is 0.421. The molecule has 10 heteroatoms. The van der Waals surface area contributed by atoms with Gasteiger partial charge in [0.05, 0.1) is 5.69 Å². The summed E-state index contributed by atoms with van der Waals surface area (Å²) in [6.45, 7) is 3.14. The Morgan fingerprint density at radius 2 is 1.87 bits per heavy atom. The van der Waals surface area contributed by atoms with Crippen LogP contribution in [0, 0.1) is 18.6 Å². The highest BCUT2D eigenvalue weighted by atomic mass is 32.2. The molecule has 30 heavy (non-hydrogen) atoms. The number of hydrogen-bond donors (Lipinski definition) is 0. The van der Waals surface area contributed by atoms with Crippen LogP contribution in [-0.2, 0) is 22.6 Å². The molecule has 0 saturated carbocycles. The Labute approximate surface area is 171 Å². The van der Waals surface area contributed by atoms with E-state index in [0.29, 0.717) is 22.9 Å². The van der Waals surface area contributed by atoms with E-state index in [2.05, 4.69) is 9.97 Å². The van der Waals surface area contributed by atoms with Crippen molar-refractivity contribution in [2.45, 2.75) is 19.6 Å². The van der Waals surface area contributed by atoms with E-state index in [1.807, 2.05) is 0 Å². The van der Waals surface area contributed by atoms with Crippen LogP contribution in [0.2, 0.25) is 0 Å². The van der Waals surface area contributed by atoms with E-state index in [1.165, 1.54) is 23.8 Å². The van der Waals surface area contributed by atoms with Crippen LogP contribution in [0.1, 0.15) is 18.3 Å². The van der Waals surface area contributed by atoms with E-state index < -0.39 is 27.2 Å². The number of ether oxygens (including phenoxy) is 1. The molecular weight excluding hydrogens is 416 g/mol. The third kappa shape index (κ3) is 4.88. The zero-order valence-electron chi connectivity index (χ0n) is 16.5. The van der Waals surface area contributed by atoms with E-state index in [4.69, 9.17) is 4.74 Å². The maximum atomic E-state index is 14.0. The number of hydrogen-bond acceptors (Lipinski definition) is 6. The maximum Gasteiger partial charge on any atom is 0.253 e. The Morgan fingerprint density at radius 1 is 1.13 bits per heavy atom. The Hall–Kier alpha value is -3.14. The smallest absolute Gasteiger partial charge is 0.253 e. The first-order chi connectivity index (χ1) is 14.1. The second kappa shape index (κ2) is 8.31. The quantitative estimate of drug-likeness (QED) is 0.591. The summed E-state index contributed by atoms with van der Waals surface area (Å²) in [6, 6.07) is 5.79. The van der Waals surface area contributed by atoms with Crippen molar-refractivity contribution in [3.63, 3.8) is 0 Å². The topological polar surface area (TPSA) is 91.2 Å². The fraction of sp³-hybridized carbons (Fsp3) is 0.250. The standard InChI is InChI=1S/C20H19F2N3O4S/c1-4-30(27,28)11-18-23-16(13-7-12(2)20(26)25(3)10-13)9-19(24-18)29-17-6-5-14(21)8-15(17)22/h5-10H,4,11H2,1-3H3. The van der Waals surface area contributed by atoms with Gasteiger partial charge < -0.3 is 9.30 Å². The summed E-state index contributed by atoms with van der Waals surface area (Å²) >= 11 is 0. The van der Waals surface area contributed by atoms with Gasteiger partial charge in [0.1, 0.15) is 17.4 Å². The lowest BCUT2D eigenvalue weighted by atomic mass is 10.1. The second-order valence-electron chi connectivity index (χ2n) is 6.69. The predicted octanol–water partition coefficient (Wildman–Crippen LogP) is 3.16. The normalized spacial score (nSPS) is 11.5. The molecule has 7 nitrogen and oxygen atoms in total. The zero-order chi connectivity index (χ0) is 22.1. The van der Waals surface area contributed by atoms with E-state index >= 15 is 0 Å². The van der Waals surface area contributed by atoms with Crippen LogP contribution in [-0.4, -0.2) is 28.7 Å². The summed E-state index contributed by atoms with van der Waals surface area (Å²) in [5.41, 5.74) is 1.09. The molecule has 0 aliphatic heterocycles. The Morgan fingerprint density at radius 3 is 2.50 bits per heavy atom. The predicted molar refractivity (Wildman–Crippen MR) is 107 cm³/mol. The third-order valence-electron chi connectivity index (χ3n) is 4.30. The minimum Gasteiger partial charge on any atom is -0.436 e. The number of sulfone groups is 1. The van der Waals surface area contributed by atoms with E-state index in [0.717, 1.165) is 12.1 Å². The van der Waals surface area contributed by atoms with Crippen LogP contribution >= 0.6 is 0 Å². The first kappa shape index (κ1) is 21.6. The molecule has 0 unspecified atom stereocenters. The minimum absolute atomic E-state index is 0.0432. The Kier molecular flexibility index (Phi) is 5.97. The number of aromatic nitrogens is 3. The molecule has 2 heterocycles. The molecule has 0 aliphatic carbocycles. The molecule has 0 fully saturated rings. The minimum atomic E-state index is -3.46. The molecule has 0 saturated heterocycles. The van der Waals surface area contributed by atoms with Crippen LogP contribution in [0.5, 0.6) is 11.6 Å². The molecule has 3 rings (SSSR count). The summed E-state index contributed by atoms with van der Waals surface area (Å²) in [5, 5.41) is 0. The third-order valence-corrected chi connectivity index (χ3v) is 5.88. The van der Waals surface area contributed by atoms with Gasteiger partial charge in [0.25, 0.3) is 5.56 Å². The lowest BCUT2D eigenvalue weighted by Crippen LogP contribution is -2.18. The molecule has 3 aromatic rings. The SMILES string of the molecule is CCS(=O)(=O)Cc1nc(Oc2ccc(F)cc2F)cc(-c2cc(C)c(=O)n(C)c2)n1. The first-order valence-corrected chi connectivity index (χ1v) is 10.8. The van der Waals surface area contributed by atoms with E-state index in [-0.39, 0.29) is 28.8 Å². The molecule has 158 valence electrons. The monoisotopic (exact) mass is 435 g/mol. The summed E-state index contributed by atoms with van der Waals surface area (Å²) < 4.78 is 58.1. The van der Waals surface area contributed by atoms with Gasteiger partial charge in [-0.15, -0.1) is 0 Å². The average Bonchev–Trinajstić information content (AvgIpc) is 2.67. The average molecular weight is 435 g/mol. The number of rotatable bonds is 6. The largest absolute Gasteiger partial charge is 0.436 e. The fourth-order valence-corrected chi connectivity index (χ4v) is 3.45. The van der Waals surface area contributed by atoms with Crippen LogP contribution in [0.25, 0.3) is 11.3 Å². The van der Waals surface area contributed by atoms with Gasteiger partial charge >= 0.3 is 0 Å². The van der Waals surface area contributed by atoms with Gasteiger partial charge in [-0.2, -0.15) is 4.98 Å². The van der Waals surface area contributed by atoms with Crippen LogP contribution in [0.4, 0.5) is 8.78 Å². The van der Waals surface area contributed by atoms with Gasteiger partial charge in [-0.1, -0.05) is 6.92 Å². The summed E-state index contributed by atoms with van der Waals surface area (Å²) in [5.74, 6) is -2.68. The fourth-order valence-electron chi connectivity index (χ4n) is 2.72. The highest BCUT2D eigenvalue weighted by molar-refractivity contribution is 7.90. The van der Waals surface area contributed by atoms with Gasteiger partial charge in [0, 0.05) is 42.3 Å². The van der Waals surface area contributed by atoms with E-state index in [9.17, 15) is 22.0 Å². The Balaban J connectivity index is 2.12. The van der Waals surface area contributed by atoms with E-state index in [1.54, 1.807) is 20.0 Å². The van der Waals surface area contributed by atoms with Crippen molar-refractivity contribution in [1.29, 1.82) is 0 Å². The van der Waals surface area contributed by atoms with Crippen molar-refractivity contribution < 1.29 is 21.9 Å². The molecule has 0 spiro atoms. The van der Waals surface area contributed by atoms with Gasteiger partial charge in [0.2, 0.25) is 5.88 Å². The number of halogens is 2. The number of benzene rings is 1. The van der Waals surface area contributed by atoms with Crippen molar-refractivity contribution in [1.82, 2.24) is 14.5 Å². The molecule has 0 amide bonds. The molecule has 0 bridgehead atoms. The number of nitrogens with zero attached hydrogens (tertiary/aromatic N) is 3. The highest BCUT2D eigenvalue weighted by Crippen LogP contribution is 2.27. The summed E-state index contributed by atoms with van der Waals surface area (Å²) in [7, 11) is -1.88. The molecule has 0 atom stereocenters. The van der Waals surface area contributed by atoms with Gasteiger partial charge in [0.15, 0.2) is 21.4 Å². The van der Waals surface area contributed by atoms with Gasteiger partial charge in [-0.25, -0.2) is 22.2 Å². The van der Waals surface area contributed by atoms with Crippen LogP contribution < -0.4 is 10.3 Å². The van der Waals surface area contributed by atoms with Gasteiger partial charge in [-0.05, 0) is 25.1 Å². The molecule has 2 aromatic heterocycles. The van der Waals surface area contributed by atoms with Crippen molar-refractivity contribution in [2.75, 3.05) is 5.75 Å². The van der Waals surface area contributed by atoms with Crippen molar-refractivity contribution in [3.05, 3.63) is 69.9 Å². The summed E-state index contributed by atoms with van der Waals surface area (Å²) in [4.78, 5) is 20.3. The highest BCUT2D eigenvalue weighted by Gasteiger charge is 2.17. The van der Waals surface area contributed by atoms with Crippen LogP contribution in [0.15, 0.2) is 41.3 Å². The summed E-state index contributed by atoms with van der Waals surface area (Å²) in [6.07, 6.45) is 1.54. The van der Waals surface area contributed by atoms with Crippen molar-refractivity contribution in [2.24, 2.45) is 7.05 Å². The molecular formula is C20H19F2N3O4S. The number of aryl methyl sites for hydroxylation is 2. The molecule has 1 aromatic carbocycles. The Bertz CT molecular complexity index is 1250. The van der Waals surface area contributed by atoms with Crippen molar-refractivity contribution >= 4 is 9.84 Å². The maximum absolute atomic E-state index is 14.0. The molecule has 0 aliphatic rings. The van der Waals surface area contributed by atoms with Gasteiger partial charge in [-0.3, -0.25) is 4.79 Å². The number of pyridine rings is 1. The lowest BCUT2D eigenvalue weighted by Gasteiger charge is -2.11.